The summed E-state index contributed by atoms with van der Waals surface area (Å²) in [6.45, 7) is 3.97. The molecule has 1 aromatic carbocycles. The van der Waals surface area contributed by atoms with E-state index in [2.05, 4.69) is 15.1 Å². The van der Waals surface area contributed by atoms with Crippen LogP contribution in [0, 0.1) is 11.7 Å². The second-order valence-electron chi connectivity index (χ2n) is 5.90. The maximum Gasteiger partial charge on any atom is 0.357 e. The Bertz CT molecular complexity index is 855. The SMILES string of the molecule is CC(C)Cc1noc(COC(=O)c2cncn2-c2ccc(F)cc2)n1. The highest BCUT2D eigenvalue weighted by molar-refractivity contribution is 5.88. The van der Waals surface area contributed by atoms with E-state index < -0.39 is 5.97 Å². The predicted octanol–water partition coefficient (Wildman–Crippen LogP) is 2.95. The van der Waals surface area contributed by atoms with Gasteiger partial charge in [0, 0.05) is 12.1 Å². The normalized spacial score (nSPS) is 11.0. The third-order valence-electron chi connectivity index (χ3n) is 3.38. The second-order valence-corrected chi connectivity index (χ2v) is 5.90. The molecule has 0 unspecified atom stereocenters. The van der Waals surface area contributed by atoms with Crippen molar-refractivity contribution < 1.29 is 18.4 Å². The van der Waals surface area contributed by atoms with E-state index in [4.69, 9.17) is 9.26 Å². The van der Waals surface area contributed by atoms with Crippen molar-refractivity contribution in [3.05, 3.63) is 60.0 Å². The average Bonchev–Trinajstić information content (AvgIpc) is 3.22. The van der Waals surface area contributed by atoms with Crippen LogP contribution in [0.5, 0.6) is 0 Å². The van der Waals surface area contributed by atoms with Crippen molar-refractivity contribution >= 4 is 5.97 Å². The van der Waals surface area contributed by atoms with E-state index >= 15 is 0 Å². The minimum absolute atomic E-state index is 0.126. The van der Waals surface area contributed by atoms with Crippen LogP contribution < -0.4 is 0 Å². The quantitative estimate of drug-likeness (QED) is 0.639. The van der Waals surface area contributed by atoms with E-state index in [0.717, 1.165) is 0 Å². The fraction of sp³-hybridized carbons (Fsp3) is 0.294. The van der Waals surface area contributed by atoms with Gasteiger partial charge in [-0.1, -0.05) is 19.0 Å². The summed E-state index contributed by atoms with van der Waals surface area (Å²) in [6.07, 6.45) is 3.52. The summed E-state index contributed by atoms with van der Waals surface area (Å²) in [4.78, 5) is 20.4. The molecule has 0 aliphatic rings. The van der Waals surface area contributed by atoms with E-state index in [1.165, 1.54) is 29.2 Å². The van der Waals surface area contributed by atoms with E-state index in [-0.39, 0.29) is 24.0 Å². The number of rotatable bonds is 6. The lowest BCUT2D eigenvalue weighted by Crippen LogP contribution is -2.11. The van der Waals surface area contributed by atoms with Crippen LogP contribution in [-0.4, -0.2) is 25.7 Å². The predicted molar refractivity (Wildman–Crippen MR) is 85.5 cm³/mol. The highest BCUT2D eigenvalue weighted by Gasteiger charge is 2.17. The molecular formula is C17H17FN4O3. The van der Waals surface area contributed by atoms with Gasteiger partial charge in [-0.15, -0.1) is 0 Å². The van der Waals surface area contributed by atoms with Gasteiger partial charge >= 0.3 is 5.97 Å². The molecule has 7 nitrogen and oxygen atoms in total. The lowest BCUT2D eigenvalue weighted by atomic mass is 10.1. The molecule has 0 amide bonds. The van der Waals surface area contributed by atoms with Gasteiger partial charge in [0.2, 0.25) is 0 Å². The molecule has 130 valence electrons. The van der Waals surface area contributed by atoms with Crippen LogP contribution in [0.15, 0.2) is 41.3 Å². The van der Waals surface area contributed by atoms with Crippen molar-refractivity contribution in [3.63, 3.8) is 0 Å². The Hall–Kier alpha value is -3.03. The Morgan fingerprint density at radius 2 is 2.08 bits per heavy atom. The van der Waals surface area contributed by atoms with Gasteiger partial charge in [0.15, 0.2) is 18.1 Å². The number of benzene rings is 1. The Balaban J connectivity index is 1.67. The lowest BCUT2D eigenvalue weighted by Gasteiger charge is -2.07. The van der Waals surface area contributed by atoms with Crippen molar-refractivity contribution in [1.29, 1.82) is 0 Å². The minimum Gasteiger partial charge on any atom is -0.451 e. The fourth-order valence-corrected chi connectivity index (χ4v) is 2.25. The molecule has 0 atom stereocenters. The zero-order chi connectivity index (χ0) is 17.8. The number of ether oxygens (including phenoxy) is 1. The smallest absolute Gasteiger partial charge is 0.357 e. The summed E-state index contributed by atoms with van der Waals surface area (Å²) in [5, 5.41) is 3.84. The first-order chi connectivity index (χ1) is 12.0. The van der Waals surface area contributed by atoms with Crippen LogP contribution in [0.25, 0.3) is 5.69 Å². The van der Waals surface area contributed by atoms with Crippen LogP contribution in [-0.2, 0) is 17.8 Å². The number of carbonyl (C=O) groups is 1. The number of hydrogen-bond donors (Lipinski definition) is 0. The maximum atomic E-state index is 13.0. The van der Waals surface area contributed by atoms with Crippen molar-refractivity contribution in [2.75, 3.05) is 0 Å². The van der Waals surface area contributed by atoms with E-state index in [0.29, 0.717) is 23.9 Å². The van der Waals surface area contributed by atoms with E-state index in [1.807, 2.05) is 13.8 Å². The molecule has 0 N–H and O–H groups in total. The number of halogens is 1. The second kappa shape index (κ2) is 7.25. The zero-order valence-corrected chi connectivity index (χ0v) is 13.8. The van der Waals surface area contributed by atoms with Gasteiger partial charge < -0.3 is 9.26 Å². The molecular weight excluding hydrogens is 327 g/mol. The molecule has 2 heterocycles. The molecule has 0 aliphatic heterocycles. The minimum atomic E-state index is -0.592. The number of nitrogens with zero attached hydrogens (tertiary/aromatic N) is 4. The van der Waals surface area contributed by atoms with Crippen molar-refractivity contribution in [3.8, 4) is 5.69 Å². The Morgan fingerprint density at radius 3 is 2.80 bits per heavy atom. The standard InChI is InChI=1S/C17H17FN4O3/c1-11(2)7-15-20-16(25-21-15)9-24-17(23)14-8-19-10-22(14)13-5-3-12(18)4-6-13/h3-6,8,10-11H,7,9H2,1-2H3. The van der Waals surface area contributed by atoms with Crippen molar-refractivity contribution in [2.24, 2.45) is 5.92 Å². The summed E-state index contributed by atoms with van der Waals surface area (Å²) in [7, 11) is 0. The number of carbonyl (C=O) groups excluding carboxylic acids is 1. The molecule has 8 heteroatoms. The zero-order valence-electron chi connectivity index (χ0n) is 13.8. The highest BCUT2D eigenvalue weighted by atomic mass is 19.1. The van der Waals surface area contributed by atoms with E-state index in [1.54, 1.807) is 12.1 Å². The molecule has 0 saturated carbocycles. The van der Waals surface area contributed by atoms with Crippen LogP contribution >= 0.6 is 0 Å². The van der Waals surface area contributed by atoms with Crippen LogP contribution in [0.4, 0.5) is 4.39 Å². The first kappa shape index (κ1) is 16.8. The van der Waals surface area contributed by atoms with Crippen molar-refractivity contribution in [1.82, 2.24) is 19.7 Å². The average molecular weight is 344 g/mol. The number of imidazole rings is 1. The molecule has 0 fully saturated rings. The third kappa shape index (κ3) is 4.09. The number of hydrogen-bond acceptors (Lipinski definition) is 6. The first-order valence-electron chi connectivity index (χ1n) is 7.80. The van der Waals surface area contributed by atoms with Crippen LogP contribution in [0.3, 0.4) is 0 Å². The third-order valence-corrected chi connectivity index (χ3v) is 3.38. The highest BCUT2D eigenvalue weighted by Crippen LogP contribution is 2.14. The molecule has 3 aromatic rings. The molecule has 0 radical (unpaired) electrons. The van der Waals surface area contributed by atoms with Gasteiger partial charge in [0.05, 0.1) is 12.5 Å². The molecule has 2 aromatic heterocycles. The number of aromatic nitrogens is 4. The molecule has 0 saturated heterocycles. The molecule has 0 bridgehead atoms. The van der Waals surface area contributed by atoms with Gasteiger partial charge in [-0.3, -0.25) is 4.57 Å². The first-order valence-corrected chi connectivity index (χ1v) is 7.80. The summed E-state index contributed by atoms with van der Waals surface area (Å²) in [6, 6.07) is 5.70. The van der Waals surface area contributed by atoms with Gasteiger partial charge in [-0.05, 0) is 30.2 Å². The van der Waals surface area contributed by atoms with Gasteiger partial charge in [0.25, 0.3) is 5.89 Å². The largest absolute Gasteiger partial charge is 0.451 e. The summed E-state index contributed by atoms with van der Waals surface area (Å²) in [5.74, 6) is 0.263. The molecule has 0 spiro atoms. The Morgan fingerprint density at radius 1 is 1.32 bits per heavy atom. The van der Waals surface area contributed by atoms with Crippen LogP contribution in [0.1, 0.15) is 36.1 Å². The summed E-state index contributed by atoms with van der Waals surface area (Å²) >= 11 is 0. The fourth-order valence-electron chi connectivity index (χ4n) is 2.25. The van der Waals surface area contributed by atoms with Crippen LogP contribution in [0.2, 0.25) is 0 Å². The molecule has 3 rings (SSSR count). The van der Waals surface area contributed by atoms with Crippen molar-refractivity contribution in [2.45, 2.75) is 26.9 Å². The molecule has 25 heavy (non-hydrogen) atoms. The molecule has 0 aliphatic carbocycles. The Kier molecular flexibility index (Phi) is 4.87. The lowest BCUT2D eigenvalue weighted by molar-refractivity contribution is 0.0420. The summed E-state index contributed by atoms with van der Waals surface area (Å²) < 4.78 is 24.8. The topological polar surface area (TPSA) is 83.0 Å². The van der Waals surface area contributed by atoms with Gasteiger partial charge in [-0.25, -0.2) is 14.2 Å². The van der Waals surface area contributed by atoms with Gasteiger partial charge in [-0.2, -0.15) is 4.98 Å². The van der Waals surface area contributed by atoms with E-state index in [9.17, 15) is 9.18 Å². The maximum absolute atomic E-state index is 13.0. The Labute approximate surface area is 143 Å². The summed E-state index contributed by atoms with van der Waals surface area (Å²) in [5.41, 5.74) is 0.816. The monoisotopic (exact) mass is 344 g/mol. The number of esters is 1. The van der Waals surface area contributed by atoms with Gasteiger partial charge in [0.1, 0.15) is 5.82 Å².